The Balaban J connectivity index is 3.62. The molecule has 0 fully saturated rings. The third-order valence-electron chi connectivity index (χ3n) is 1.77. The van der Waals surface area contributed by atoms with Gasteiger partial charge in [0.15, 0.2) is 0 Å². The topological polar surface area (TPSA) is 35.8 Å². The van der Waals surface area contributed by atoms with Crippen LogP contribution in [0.1, 0.15) is 26.7 Å². The fourth-order valence-corrected chi connectivity index (χ4v) is 1.73. The SMILES string of the molecule is CCC(CC#N)NC(C)CSC. The third kappa shape index (κ3) is 5.45. The van der Waals surface area contributed by atoms with E-state index in [0.29, 0.717) is 18.5 Å². The van der Waals surface area contributed by atoms with Crippen LogP contribution in [0.5, 0.6) is 0 Å². The van der Waals surface area contributed by atoms with Crippen molar-refractivity contribution in [1.29, 1.82) is 5.26 Å². The second kappa shape index (κ2) is 7.45. The molecule has 0 bridgehead atoms. The van der Waals surface area contributed by atoms with Crippen LogP contribution in [0.15, 0.2) is 0 Å². The van der Waals surface area contributed by atoms with Gasteiger partial charge in [-0.15, -0.1) is 0 Å². The van der Waals surface area contributed by atoms with Gasteiger partial charge in [-0.1, -0.05) is 6.92 Å². The van der Waals surface area contributed by atoms with Crippen molar-refractivity contribution in [3.63, 3.8) is 0 Å². The first-order chi connectivity index (χ1) is 5.74. The van der Waals surface area contributed by atoms with Crippen molar-refractivity contribution in [3.05, 3.63) is 0 Å². The second-order valence-corrected chi connectivity index (χ2v) is 3.90. The van der Waals surface area contributed by atoms with Gasteiger partial charge in [-0.25, -0.2) is 0 Å². The Morgan fingerprint density at radius 1 is 1.58 bits per heavy atom. The van der Waals surface area contributed by atoms with Crippen molar-refractivity contribution in [1.82, 2.24) is 5.32 Å². The predicted molar refractivity (Wildman–Crippen MR) is 55.3 cm³/mol. The summed E-state index contributed by atoms with van der Waals surface area (Å²) < 4.78 is 0. The van der Waals surface area contributed by atoms with Gasteiger partial charge < -0.3 is 5.32 Å². The molecule has 0 aromatic heterocycles. The Labute approximate surface area is 79.7 Å². The molecule has 2 nitrogen and oxygen atoms in total. The normalized spacial score (nSPS) is 15.2. The van der Waals surface area contributed by atoms with E-state index < -0.39 is 0 Å². The van der Waals surface area contributed by atoms with E-state index in [4.69, 9.17) is 5.26 Å². The Bertz CT molecular complexity index is 142. The standard InChI is InChI=1S/C9H18N2S/c1-4-9(5-6-10)11-8(2)7-12-3/h8-9,11H,4-5,7H2,1-3H3. The van der Waals surface area contributed by atoms with Gasteiger partial charge in [-0.3, -0.25) is 0 Å². The molecule has 12 heavy (non-hydrogen) atoms. The Kier molecular flexibility index (Phi) is 7.33. The highest BCUT2D eigenvalue weighted by Crippen LogP contribution is 2.01. The van der Waals surface area contributed by atoms with Crippen LogP contribution < -0.4 is 5.32 Å². The number of rotatable bonds is 6. The van der Waals surface area contributed by atoms with Crippen LogP contribution in [0.2, 0.25) is 0 Å². The number of hydrogen-bond acceptors (Lipinski definition) is 3. The summed E-state index contributed by atoms with van der Waals surface area (Å²) in [6.45, 7) is 4.28. The van der Waals surface area contributed by atoms with Crippen LogP contribution in [0, 0.1) is 11.3 Å². The van der Waals surface area contributed by atoms with Gasteiger partial charge in [0.05, 0.1) is 12.5 Å². The number of thioether (sulfide) groups is 1. The first-order valence-electron chi connectivity index (χ1n) is 4.36. The van der Waals surface area contributed by atoms with Crippen molar-refractivity contribution >= 4 is 11.8 Å². The van der Waals surface area contributed by atoms with E-state index in [2.05, 4.69) is 31.5 Å². The summed E-state index contributed by atoms with van der Waals surface area (Å²) in [5.41, 5.74) is 0. The molecule has 2 atom stereocenters. The first-order valence-corrected chi connectivity index (χ1v) is 5.75. The fourth-order valence-electron chi connectivity index (χ4n) is 1.13. The largest absolute Gasteiger partial charge is 0.310 e. The monoisotopic (exact) mass is 186 g/mol. The molecule has 0 radical (unpaired) electrons. The van der Waals surface area contributed by atoms with Crippen LogP contribution in [-0.2, 0) is 0 Å². The third-order valence-corrected chi connectivity index (χ3v) is 2.60. The highest BCUT2D eigenvalue weighted by Gasteiger charge is 2.08. The lowest BCUT2D eigenvalue weighted by Gasteiger charge is -2.19. The summed E-state index contributed by atoms with van der Waals surface area (Å²) in [7, 11) is 0. The molecule has 0 rings (SSSR count). The molecule has 0 spiro atoms. The van der Waals surface area contributed by atoms with E-state index in [1.807, 2.05) is 11.8 Å². The molecule has 70 valence electrons. The number of nitriles is 1. The van der Waals surface area contributed by atoms with E-state index in [1.54, 1.807) is 0 Å². The lowest BCUT2D eigenvalue weighted by atomic mass is 10.1. The maximum atomic E-state index is 8.52. The summed E-state index contributed by atoms with van der Waals surface area (Å²) in [5, 5.41) is 11.9. The lowest BCUT2D eigenvalue weighted by molar-refractivity contribution is 0.461. The highest BCUT2D eigenvalue weighted by atomic mass is 32.2. The molecule has 2 unspecified atom stereocenters. The minimum atomic E-state index is 0.372. The molecule has 0 aromatic carbocycles. The minimum absolute atomic E-state index is 0.372. The lowest BCUT2D eigenvalue weighted by Crippen LogP contribution is -2.37. The van der Waals surface area contributed by atoms with Gasteiger partial charge >= 0.3 is 0 Å². The minimum Gasteiger partial charge on any atom is -0.310 e. The van der Waals surface area contributed by atoms with Crippen molar-refractivity contribution in [2.24, 2.45) is 0 Å². The number of nitrogens with zero attached hydrogens (tertiary/aromatic N) is 1. The Morgan fingerprint density at radius 2 is 2.25 bits per heavy atom. The average Bonchev–Trinajstić information content (AvgIpc) is 2.04. The van der Waals surface area contributed by atoms with Gasteiger partial charge in [0.1, 0.15) is 0 Å². The Hall–Kier alpha value is -0.200. The van der Waals surface area contributed by atoms with Crippen LogP contribution in [0.4, 0.5) is 0 Å². The zero-order valence-electron chi connectivity index (χ0n) is 8.13. The molecule has 3 heteroatoms. The molecule has 1 N–H and O–H groups in total. The molecule has 0 aliphatic rings. The van der Waals surface area contributed by atoms with E-state index >= 15 is 0 Å². The van der Waals surface area contributed by atoms with Crippen molar-refractivity contribution in [2.75, 3.05) is 12.0 Å². The van der Waals surface area contributed by atoms with E-state index in [0.717, 1.165) is 12.2 Å². The van der Waals surface area contributed by atoms with Crippen LogP contribution in [0.25, 0.3) is 0 Å². The van der Waals surface area contributed by atoms with Crippen LogP contribution in [0.3, 0.4) is 0 Å². The molecule has 0 saturated carbocycles. The maximum Gasteiger partial charge on any atom is 0.0638 e. The molecular formula is C9H18N2S. The summed E-state index contributed by atoms with van der Waals surface area (Å²) in [5.74, 6) is 1.11. The van der Waals surface area contributed by atoms with E-state index in [-0.39, 0.29) is 0 Å². The molecular weight excluding hydrogens is 168 g/mol. The van der Waals surface area contributed by atoms with Gasteiger partial charge in [-0.05, 0) is 19.6 Å². The Morgan fingerprint density at radius 3 is 2.67 bits per heavy atom. The molecule has 0 aliphatic carbocycles. The molecule has 0 amide bonds. The fraction of sp³-hybridized carbons (Fsp3) is 0.889. The first kappa shape index (κ1) is 11.8. The molecule has 0 aromatic rings. The summed E-state index contributed by atoms with van der Waals surface area (Å²) in [6.07, 6.45) is 3.75. The second-order valence-electron chi connectivity index (χ2n) is 2.99. The van der Waals surface area contributed by atoms with E-state index in [9.17, 15) is 0 Å². The van der Waals surface area contributed by atoms with Crippen LogP contribution in [-0.4, -0.2) is 24.1 Å². The maximum absolute atomic E-state index is 8.52. The zero-order chi connectivity index (χ0) is 9.40. The average molecular weight is 186 g/mol. The van der Waals surface area contributed by atoms with Gasteiger partial charge in [0, 0.05) is 17.8 Å². The quantitative estimate of drug-likeness (QED) is 0.689. The summed E-state index contributed by atoms with van der Waals surface area (Å²) in [4.78, 5) is 0. The smallest absolute Gasteiger partial charge is 0.0638 e. The number of hydrogen-bond donors (Lipinski definition) is 1. The van der Waals surface area contributed by atoms with Crippen LogP contribution >= 0.6 is 11.8 Å². The summed E-state index contributed by atoms with van der Waals surface area (Å²) >= 11 is 1.83. The molecule has 0 heterocycles. The molecule has 0 aliphatic heterocycles. The van der Waals surface area contributed by atoms with Crippen molar-refractivity contribution < 1.29 is 0 Å². The zero-order valence-corrected chi connectivity index (χ0v) is 8.95. The van der Waals surface area contributed by atoms with Crippen molar-refractivity contribution in [3.8, 4) is 6.07 Å². The number of nitrogens with one attached hydrogen (secondary N) is 1. The molecule has 0 saturated heterocycles. The van der Waals surface area contributed by atoms with Gasteiger partial charge in [0.2, 0.25) is 0 Å². The van der Waals surface area contributed by atoms with E-state index in [1.165, 1.54) is 0 Å². The highest BCUT2D eigenvalue weighted by molar-refractivity contribution is 7.98. The van der Waals surface area contributed by atoms with Gasteiger partial charge in [0.25, 0.3) is 0 Å². The van der Waals surface area contributed by atoms with Crippen molar-refractivity contribution in [2.45, 2.75) is 38.8 Å². The van der Waals surface area contributed by atoms with Gasteiger partial charge in [-0.2, -0.15) is 17.0 Å². The summed E-state index contributed by atoms with van der Waals surface area (Å²) in [6, 6.07) is 3.08. The predicted octanol–water partition coefficient (Wildman–Crippen LogP) is 2.02.